The molecule has 0 radical (unpaired) electrons. The second-order valence-electron chi connectivity index (χ2n) is 2.77. The normalized spacial score (nSPS) is 10.1. The van der Waals surface area contributed by atoms with Crippen LogP contribution in [0.25, 0.3) is 0 Å². The molecule has 0 fully saturated rings. The van der Waals surface area contributed by atoms with E-state index in [4.69, 9.17) is 5.84 Å². The first kappa shape index (κ1) is 11.4. The Bertz CT molecular complexity index is 327. The van der Waals surface area contributed by atoms with Crippen LogP contribution in [0.1, 0.15) is 5.56 Å². The SMILES string of the molecule is NNC(=O)Cc1ccc(OC(F)F)cc1. The van der Waals surface area contributed by atoms with Gasteiger partial charge in [-0.1, -0.05) is 12.1 Å². The molecular formula is C9H10F2N2O2. The maximum Gasteiger partial charge on any atom is 0.387 e. The quantitative estimate of drug-likeness (QED) is 0.445. The van der Waals surface area contributed by atoms with Crippen molar-refractivity contribution in [2.24, 2.45) is 5.84 Å². The fourth-order valence-corrected chi connectivity index (χ4v) is 1.03. The highest BCUT2D eigenvalue weighted by Crippen LogP contribution is 2.14. The highest BCUT2D eigenvalue weighted by Gasteiger charge is 2.05. The van der Waals surface area contributed by atoms with Crippen molar-refractivity contribution in [1.82, 2.24) is 5.43 Å². The van der Waals surface area contributed by atoms with Gasteiger partial charge in [-0.15, -0.1) is 0 Å². The standard InChI is InChI=1S/C9H10F2N2O2/c10-9(11)15-7-3-1-6(2-4-7)5-8(14)13-12/h1-4,9H,5,12H2,(H,13,14). The van der Waals surface area contributed by atoms with Crippen LogP contribution in [0.4, 0.5) is 8.78 Å². The Hall–Kier alpha value is -1.69. The number of halogens is 2. The van der Waals surface area contributed by atoms with Gasteiger partial charge in [-0.3, -0.25) is 10.2 Å². The number of carbonyl (C=O) groups excluding carboxylic acids is 1. The zero-order valence-electron chi connectivity index (χ0n) is 7.74. The Kier molecular flexibility index (Phi) is 3.99. The first-order chi connectivity index (χ1) is 7.11. The van der Waals surface area contributed by atoms with Crippen molar-refractivity contribution in [3.05, 3.63) is 29.8 Å². The maximum absolute atomic E-state index is 11.8. The molecule has 0 saturated carbocycles. The Balaban J connectivity index is 2.60. The number of hydrazine groups is 1. The van der Waals surface area contributed by atoms with Crippen molar-refractivity contribution in [2.75, 3.05) is 0 Å². The third-order valence-electron chi connectivity index (χ3n) is 1.67. The predicted molar refractivity (Wildman–Crippen MR) is 49.1 cm³/mol. The molecule has 82 valence electrons. The van der Waals surface area contributed by atoms with E-state index < -0.39 is 6.61 Å². The van der Waals surface area contributed by atoms with E-state index in [1.54, 1.807) is 0 Å². The minimum absolute atomic E-state index is 0.0573. The van der Waals surface area contributed by atoms with Gasteiger partial charge in [0.25, 0.3) is 0 Å². The Morgan fingerprint density at radius 2 is 2.00 bits per heavy atom. The molecule has 6 heteroatoms. The number of hydrogen-bond donors (Lipinski definition) is 2. The number of amides is 1. The lowest BCUT2D eigenvalue weighted by molar-refractivity contribution is -0.120. The predicted octanol–water partition coefficient (Wildman–Crippen LogP) is 0.820. The first-order valence-electron chi connectivity index (χ1n) is 4.15. The fourth-order valence-electron chi connectivity index (χ4n) is 1.03. The van der Waals surface area contributed by atoms with Gasteiger partial charge in [0.05, 0.1) is 6.42 Å². The van der Waals surface area contributed by atoms with Gasteiger partial charge in [0.1, 0.15) is 5.75 Å². The fraction of sp³-hybridized carbons (Fsp3) is 0.222. The number of carbonyl (C=O) groups is 1. The summed E-state index contributed by atoms with van der Waals surface area (Å²) in [5, 5.41) is 0. The van der Waals surface area contributed by atoms with Crippen LogP contribution < -0.4 is 16.0 Å². The van der Waals surface area contributed by atoms with Crippen molar-refractivity contribution in [3.63, 3.8) is 0 Å². The summed E-state index contributed by atoms with van der Waals surface area (Å²) in [5.74, 6) is 4.60. The van der Waals surface area contributed by atoms with E-state index >= 15 is 0 Å². The summed E-state index contributed by atoms with van der Waals surface area (Å²) < 4.78 is 27.7. The summed E-state index contributed by atoms with van der Waals surface area (Å²) in [7, 11) is 0. The molecule has 0 aromatic heterocycles. The average Bonchev–Trinajstić information content (AvgIpc) is 2.20. The van der Waals surface area contributed by atoms with Crippen LogP contribution in [0.15, 0.2) is 24.3 Å². The minimum Gasteiger partial charge on any atom is -0.435 e. The Labute approximate surface area is 85.0 Å². The van der Waals surface area contributed by atoms with Gasteiger partial charge in [-0.25, -0.2) is 5.84 Å². The Morgan fingerprint density at radius 1 is 1.40 bits per heavy atom. The zero-order valence-corrected chi connectivity index (χ0v) is 7.74. The number of rotatable bonds is 4. The van der Waals surface area contributed by atoms with E-state index in [2.05, 4.69) is 4.74 Å². The molecule has 0 aliphatic rings. The van der Waals surface area contributed by atoms with Crippen molar-refractivity contribution in [3.8, 4) is 5.75 Å². The van der Waals surface area contributed by atoms with E-state index in [1.165, 1.54) is 24.3 Å². The molecule has 0 unspecified atom stereocenters. The molecule has 0 atom stereocenters. The summed E-state index contributed by atoms with van der Waals surface area (Å²) in [6.45, 7) is -2.84. The minimum atomic E-state index is -2.84. The molecule has 0 aliphatic heterocycles. The van der Waals surface area contributed by atoms with Gasteiger partial charge < -0.3 is 4.74 Å². The summed E-state index contributed by atoms with van der Waals surface area (Å²) in [6.07, 6.45) is 0.103. The lowest BCUT2D eigenvalue weighted by atomic mass is 10.1. The number of alkyl halides is 2. The number of nitrogens with one attached hydrogen (secondary N) is 1. The molecule has 1 rings (SSSR count). The summed E-state index contributed by atoms with van der Waals surface area (Å²) in [5.41, 5.74) is 2.64. The number of ether oxygens (including phenoxy) is 1. The summed E-state index contributed by atoms with van der Waals surface area (Å²) in [4.78, 5) is 10.9. The van der Waals surface area contributed by atoms with E-state index in [-0.39, 0.29) is 18.1 Å². The van der Waals surface area contributed by atoms with Gasteiger partial charge in [0.2, 0.25) is 5.91 Å². The van der Waals surface area contributed by atoms with Crippen LogP contribution in [0.3, 0.4) is 0 Å². The molecule has 0 aliphatic carbocycles. The van der Waals surface area contributed by atoms with Crippen molar-refractivity contribution < 1.29 is 18.3 Å². The van der Waals surface area contributed by atoms with Gasteiger partial charge in [0.15, 0.2) is 0 Å². The molecule has 0 spiro atoms. The molecule has 1 aromatic carbocycles. The first-order valence-corrected chi connectivity index (χ1v) is 4.15. The molecule has 15 heavy (non-hydrogen) atoms. The maximum atomic E-state index is 11.8. The second-order valence-corrected chi connectivity index (χ2v) is 2.77. The molecule has 3 N–H and O–H groups in total. The molecule has 1 aromatic rings. The molecule has 4 nitrogen and oxygen atoms in total. The van der Waals surface area contributed by atoms with Gasteiger partial charge in [-0.2, -0.15) is 8.78 Å². The molecular weight excluding hydrogens is 206 g/mol. The van der Waals surface area contributed by atoms with Crippen LogP contribution in [-0.4, -0.2) is 12.5 Å². The molecule has 1 amide bonds. The number of benzene rings is 1. The average molecular weight is 216 g/mol. The zero-order chi connectivity index (χ0) is 11.3. The largest absolute Gasteiger partial charge is 0.435 e. The topological polar surface area (TPSA) is 64.3 Å². The van der Waals surface area contributed by atoms with Crippen molar-refractivity contribution >= 4 is 5.91 Å². The number of nitrogens with two attached hydrogens (primary N) is 1. The highest BCUT2D eigenvalue weighted by atomic mass is 19.3. The van der Waals surface area contributed by atoms with Crippen LogP contribution in [0.2, 0.25) is 0 Å². The van der Waals surface area contributed by atoms with Gasteiger partial charge >= 0.3 is 6.61 Å². The summed E-state index contributed by atoms with van der Waals surface area (Å²) >= 11 is 0. The third-order valence-corrected chi connectivity index (χ3v) is 1.67. The van der Waals surface area contributed by atoms with Crippen LogP contribution in [-0.2, 0) is 11.2 Å². The lowest BCUT2D eigenvalue weighted by Gasteiger charge is -2.05. The van der Waals surface area contributed by atoms with E-state index in [0.717, 1.165) is 0 Å². The Morgan fingerprint density at radius 3 is 2.47 bits per heavy atom. The smallest absolute Gasteiger partial charge is 0.387 e. The highest BCUT2D eigenvalue weighted by molar-refractivity contribution is 5.77. The second kappa shape index (κ2) is 5.26. The van der Waals surface area contributed by atoms with E-state index in [1.807, 2.05) is 5.43 Å². The lowest BCUT2D eigenvalue weighted by Crippen LogP contribution is -2.31. The van der Waals surface area contributed by atoms with Gasteiger partial charge in [-0.05, 0) is 17.7 Å². The van der Waals surface area contributed by atoms with E-state index in [9.17, 15) is 13.6 Å². The number of hydrogen-bond acceptors (Lipinski definition) is 3. The van der Waals surface area contributed by atoms with Crippen LogP contribution in [0, 0.1) is 0 Å². The van der Waals surface area contributed by atoms with Crippen LogP contribution >= 0.6 is 0 Å². The summed E-state index contributed by atoms with van der Waals surface area (Å²) in [6, 6.07) is 5.77. The van der Waals surface area contributed by atoms with Crippen LogP contribution in [0.5, 0.6) is 5.75 Å². The molecule has 0 saturated heterocycles. The molecule has 0 bridgehead atoms. The van der Waals surface area contributed by atoms with E-state index in [0.29, 0.717) is 5.56 Å². The molecule has 0 heterocycles. The van der Waals surface area contributed by atoms with Gasteiger partial charge in [0, 0.05) is 0 Å². The van der Waals surface area contributed by atoms with Crippen molar-refractivity contribution in [1.29, 1.82) is 0 Å². The third kappa shape index (κ3) is 3.90. The van der Waals surface area contributed by atoms with Crippen molar-refractivity contribution in [2.45, 2.75) is 13.0 Å². The monoisotopic (exact) mass is 216 g/mol.